The molecule has 0 amide bonds. The van der Waals surface area contributed by atoms with Crippen LogP contribution in [-0.4, -0.2) is 167 Å². The van der Waals surface area contributed by atoms with Gasteiger partial charge in [-0.3, -0.25) is 17.9 Å². The summed E-state index contributed by atoms with van der Waals surface area (Å²) in [6.07, 6.45) is 2.63. The largest absolute Gasteiger partial charge is 1.00 e. The molecule has 0 saturated carbocycles. The summed E-state index contributed by atoms with van der Waals surface area (Å²) in [7, 11) is 0. The molecule has 0 radical (unpaired) electrons. The fourth-order valence-electron chi connectivity index (χ4n) is 12.9. The van der Waals surface area contributed by atoms with Crippen LogP contribution in [0.5, 0.6) is 0 Å². The van der Waals surface area contributed by atoms with E-state index >= 15 is 0 Å². The van der Waals surface area contributed by atoms with E-state index in [2.05, 4.69) is 68.1 Å². The lowest BCUT2D eigenvalue weighted by Crippen LogP contribution is -3.00. The quantitative estimate of drug-likeness (QED) is 0.244. The fraction of sp³-hybridized carbons (Fsp3) is 0.667. The molecule has 48 heavy (non-hydrogen) atoms. The minimum Gasteiger partial charge on any atom is -1.00 e. The SMILES string of the molecule is [Br-].[Br-].[Br-].[Br-].c1cc2ccc1C[N+]13CCN4CC[N+]5(CCN(CC1)C5C43)Cc1ccc(cc1)C[N+]13CCN4CC[N+]5(CCN(CC1)C5C43)C2. The molecule has 4 unspecified atom stereocenters. The molecule has 0 aliphatic carbocycles. The molecule has 2 aromatic carbocycles. The van der Waals surface area contributed by atoms with Gasteiger partial charge in [0, 0.05) is 22.3 Å². The molecule has 0 aromatic heterocycles. The van der Waals surface area contributed by atoms with Crippen LogP contribution in [0.4, 0.5) is 0 Å². The highest BCUT2D eigenvalue weighted by Gasteiger charge is 2.68. The van der Waals surface area contributed by atoms with Crippen molar-refractivity contribution < 1.29 is 85.9 Å². The lowest BCUT2D eigenvalue weighted by Gasteiger charge is -2.57. The number of quaternary nitrogens is 4. The summed E-state index contributed by atoms with van der Waals surface area (Å²) in [6, 6.07) is 20.4. The molecule has 14 rings (SSSR count). The Hall–Kier alpha value is 0.0400. The molecule has 12 bridgehead atoms. The van der Waals surface area contributed by atoms with E-state index in [-0.39, 0.29) is 67.9 Å². The molecule has 0 spiro atoms. The maximum atomic E-state index is 2.92. The van der Waals surface area contributed by atoms with Crippen molar-refractivity contribution in [3.05, 3.63) is 70.8 Å². The van der Waals surface area contributed by atoms with Gasteiger partial charge in [0.15, 0.2) is 0 Å². The van der Waals surface area contributed by atoms with Crippen molar-refractivity contribution in [1.82, 2.24) is 19.6 Å². The number of piperazine rings is 4. The third-order valence-corrected chi connectivity index (χ3v) is 15.0. The molecular formula is C36H52Br4N8. The Morgan fingerprint density at radius 2 is 0.479 bits per heavy atom. The minimum atomic E-state index is 0. The van der Waals surface area contributed by atoms with Crippen molar-refractivity contribution >= 4 is 0 Å². The lowest BCUT2D eigenvalue weighted by molar-refractivity contribution is -1.04. The van der Waals surface area contributed by atoms with Crippen molar-refractivity contribution in [1.29, 1.82) is 0 Å². The molecule has 264 valence electrons. The maximum Gasteiger partial charge on any atom is 0.214 e. The minimum absolute atomic E-state index is 0. The summed E-state index contributed by atoms with van der Waals surface area (Å²) in [6.45, 7) is 25.8. The summed E-state index contributed by atoms with van der Waals surface area (Å²) in [5.74, 6) is 0. The monoisotopic (exact) mass is 912 g/mol. The zero-order chi connectivity index (χ0) is 28.7. The molecule has 12 heteroatoms. The normalized spacial score (nSPS) is 42.3. The van der Waals surface area contributed by atoms with E-state index in [0.717, 1.165) is 0 Å². The molecule has 12 heterocycles. The van der Waals surface area contributed by atoms with Gasteiger partial charge in [0.2, 0.25) is 24.7 Å². The molecule has 4 atom stereocenters. The highest BCUT2D eigenvalue weighted by molar-refractivity contribution is 5.23. The molecule has 2 aromatic rings. The Morgan fingerprint density at radius 1 is 0.312 bits per heavy atom. The van der Waals surface area contributed by atoms with E-state index in [1.54, 1.807) is 22.3 Å². The Labute approximate surface area is 329 Å². The van der Waals surface area contributed by atoms with Crippen LogP contribution in [-0.2, 0) is 26.2 Å². The molecular weight excluding hydrogens is 864 g/mol. The first kappa shape index (κ1) is 36.4. The van der Waals surface area contributed by atoms with Crippen LogP contribution in [0.25, 0.3) is 0 Å². The Kier molecular flexibility index (Phi) is 9.76. The molecule has 12 aliphatic heterocycles. The standard InChI is InChI=1S/C36H52N8.4BrH/c1-2-30-4-3-29(1)25-41-17-9-37-15-23-43(19-11-38(13-21-41)34(43)33(37)41)27-31-5-7-32(8-6-31)28-44-20-12-40-14-22-42(26-30)18-10-39(16-24-44)35(42)36(40)44;;;;/h1-8,33-36H,9-28H2;4*1H/q+4;;;;/p-4. The summed E-state index contributed by atoms with van der Waals surface area (Å²) < 4.78 is 5.20. The van der Waals surface area contributed by atoms with Gasteiger partial charge in [0.25, 0.3) is 0 Å². The second-order valence-electron chi connectivity index (χ2n) is 16.7. The molecule has 0 N–H and O–H groups in total. The van der Waals surface area contributed by atoms with E-state index in [4.69, 9.17) is 0 Å². The van der Waals surface area contributed by atoms with Crippen LogP contribution in [0.1, 0.15) is 22.3 Å². The Bertz CT molecular complexity index is 1280. The summed E-state index contributed by atoms with van der Waals surface area (Å²) in [5, 5.41) is 0. The number of benzene rings is 2. The van der Waals surface area contributed by atoms with Crippen LogP contribution in [0, 0.1) is 0 Å². The van der Waals surface area contributed by atoms with Gasteiger partial charge in [-0.2, -0.15) is 0 Å². The Morgan fingerprint density at radius 3 is 0.646 bits per heavy atom. The first-order valence-corrected chi connectivity index (χ1v) is 18.1. The average molecular weight is 916 g/mol. The van der Waals surface area contributed by atoms with Gasteiger partial charge in [-0.15, -0.1) is 0 Å². The number of halogens is 4. The van der Waals surface area contributed by atoms with Crippen molar-refractivity contribution in [2.24, 2.45) is 0 Å². The first-order chi connectivity index (χ1) is 21.6. The van der Waals surface area contributed by atoms with E-state index in [1.807, 2.05) is 0 Å². The predicted octanol–water partition coefficient (Wildman–Crippen LogP) is -10.7. The number of nitrogens with zero attached hydrogens (tertiary/aromatic N) is 8. The van der Waals surface area contributed by atoms with Crippen LogP contribution in [0.15, 0.2) is 48.5 Å². The smallest absolute Gasteiger partial charge is 0.214 e. The van der Waals surface area contributed by atoms with E-state index in [0.29, 0.717) is 24.7 Å². The number of hydrogen-bond donors (Lipinski definition) is 0. The Balaban J connectivity index is 0.000000911. The summed E-state index contributed by atoms with van der Waals surface area (Å²) >= 11 is 0. The lowest BCUT2D eigenvalue weighted by atomic mass is 10.0. The van der Waals surface area contributed by atoms with Gasteiger partial charge < -0.3 is 67.9 Å². The topological polar surface area (TPSA) is 13.0 Å². The average Bonchev–Trinajstić information content (AvgIpc) is 3.79. The van der Waals surface area contributed by atoms with Crippen LogP contribution in [0.3, 0.4) is 0 Å². The van der Waals surface area contributed by atoms with Gasteiger partial charge in [0.1, 0.15) is 26.2 Å². The van der Waals surface area contributed by atoms with Gasteiger partial charge in [-0.25, -0.2) is 19.6 Å². The highest BCUT2D eigenvalue weighted by atomic mass is 79.9. The molecule has 8 nitrogen and oxygen atoms in total. The number of hydrogen-bond acceptors (Lipinski definition) is 4. The van der Waals surface area contributed by atoms with E-state index in [9.17, 15) is 0 Å². The van der Waals surface area contributed by atoms with Crippen molar-refractivity contribution in [2.75, 3.05) is 105 Å². The molecule has 8 fully saturated rings. The van der Waals surface area contributed by atoms with Gasteiger partial charge >= 0.3 is 0 Å². The van der Waals surface area contributed by atoms with Crippen molar-refractivity contribution in [3.63, 3.8) is 0 Å². The third-order valence-electron chi connectivity index (χ3n) is 15.0. The van der Waals surface area contributed by atoms with Gasteiger partial charge in [-0.1, -0.05) is 48.5 Å². The number of rotatable bonds is 0. The van der Waals surface area contributed by atoms with Crippen LogP contribution < -0.4 is 67.9 Å². The van der Waals surface area contributed by atoms with Gasteiger partial charge in [-0.05, 0) is 0 Å². The zero-order valence-corrected chi connectivity index (χ0v) is 34.5. The molecule has 8 saturated heterocycles. The van der Waals surface area contributed by atoms with Gasteiger partial charge in [0.05, 0.1) is 105 Å². The molecule has 12 aliphatic rings. The third kappa shape index (κ3) is 5.05. The first-order valence-electron chi connectivity index (χ1n) is 18.1. The fourth-order valence-corrected chi connectivity index (χ4v) is 12.9. The maximum absolute atomic E-state index is 2.92. The van der Waals surface area contributed by atoms with Crippen LogP contribution >= 0.6 is 0 Å². The van der Waals surface area contributed by atoms with Crippen LogP contribution in [0.2, 0.25) is 0 Å². The highest BCUT2D eigenvalue weighted by Crippen LogP contribution is 2.47. The van der Waals surface area contributed by atoms with E-state index in [1.165, 1.54) is 149 Å². The predicted molar refractivity (Wildman–Crippen MR) is 169 cm³/mol. The van der Waals surface area contributed by atoms with Crippen molar-refractivity contribution in [3.8, 4) is 0 Å². The summed E-state index contributed by atoms with van der Waals surface area (Å²) in [4.78, 5) is 11.7. The summed E-state index contributed by atoms with van der Waals surface area (Å²) in [5.41, 5.74) is 6.31. The second kappa shape index (κ2) is 12.9. The van der Waals surface area contributed by atoms with Crippen molar-refractivity contribution in [2.45, 2.75) is 50.8 Å². The second-order valence-corrected chi connectivity index (χ2v) is 16.7. The van der Waals surface area contributed by atoms with E-state index < -0.39 is 0 Å². The zero-order valence-electron chi connectivity index (χ0n) is 28.2.